The van der Waals surface area contributed by atoms with E-state index in [1.165, 1.54) is 7.11 Å². The molecular formula is C20H24N2O4. The predicted octanol–water partition coefficient (Wildman–Crippen LogP) is 4.01. The first-order chi connectivity index (χ1) is 12.5. The standard InChI is InChI=1S/C20H24N2O4/c1-4-5-11-22(20(25)21-2)16-8-6-7-14(12-16)15-9-10-18(26-3)17(13-15)19(23)24/h6-10,12-13H,4-5,11H2,1-3H3,(H,21,25)(H,23,24). The van der Waals surface area contributed by atoms with Crippen molar-refractivity contribution in [3.8, 4) is 16.9 Å². The molecule has 26 heavy (non-hydrogen) atoms. The summed E-state index contributed by atoms with van der Waals surface area (Å²) >= 11 is 0. The number of hydrogen-bond donors (Lipinski definition) is 2. The Morgan fingerprint density at radius 3 is 2.50 bits per heavy atom. The van der Waals surface area contributed by atoms with Gasteiger partial charge in [0.15, 0.2) is 0 Å². The Bertz CT molecular complexity index is 789. The van der Waals surface area contributed by atoms with Crippen molar-refractivity contribution < 1.29 is 19.4 Å². The van der Waals surface area contributed by atoms with E-state index in [9.17, 15) is 14.7 Å². The van der Waals surface area contributed by atoms with Gasteiger partial charge in [0.25, 0.3) is 0 Å². The van der Waals surface area contributed by atoms with Crippen LogP contribution in [0.15, 0.2) is 42.5 Å². The first kappa shape index (κ1) is 19.3. The van der Waals surface area contributed by atoms with Crippen LogP contribution in [-0.4, -0.2) is 37.8 Å². The quantitative estimate of drug-likeness (QED) is 0.786. The summed E-state index contributed by atoms with van der Waals surface area (Å²) < 4.78 is 5.11. The maximum absolute atomic E-state index is 12.2. The molecule has 0 aromatic heterocycles. The molecule has 0 saturated carbocycles. The van der Waals surface area contributed by atoms with Crippen LogP contribution in [0.4, 0.5) is 10.5 Å². The van der Waals surface area contributed by atoms with Gasteiger partial charge in [0, 0.05) is 19.3 Å². The Morgan fingerprint density at radius 1 is 1.15 bits per heavy atom. The average Bonchev–Trinajstić information content (AvgIpc) is 2.67. The molecule has 6 heteroatoms. The minimum absolute atomic E-state index is 0.101. The third-order valence-corrected chi connectivity index (χ3v) is 4.12. The fourth-order valence-electron chi connectivity index (χ4n) is 2.71. The zero-order chi connectivity index (χ0) is 19.1. The predicted molar refractivity (Wildman–Crippen MR) is 102 cm³/mol. The summed E-state index contributed by atoms with van der Waals surface area (Å²) in [6, 6.07) is 12.4. The van der Waals surface area contributed by atoms with E-state index in [2.05, 4.69) is 12.2 Å². The molecule has 2 rings (SSSR count). The molecule has 2 N–H and O–H groups in total. The van der Waals surface area contributed by atoms with Crippen molar-refractivity contribution in [2.24, 2.45) is 0 Å². The van der Waals surface area contributed by atoms with Crippen LogP contribution in [0.25, 0.3) is 11.1 Å². The van der Waals surface area contributed by atoms with Crippen LogP contribution in [0.2, 0.25) is 0 Å². The summed E-state index contributed by atoms with van der Waals surface area (Å²) in [5, 5.41) is 12.0. The number of carboxylic acids is 1. The highest BCUT2D eigenvalue weighted by molar-refractivity contribution is 5.94. The minimum Gasteiger partial charge on any atom is -0.496 e. The lowest BCUT2D eigenvalue weighted by Crippen LogP contribution is -2.38. The molecule has 6 nitrogen and oxygen atoms in total. The van der Waals surface area contributed by atoms with Gasteiger partial charge in [-0.1, -0.05) is 31.5 Å². The van der Waals surface area contributed by atoms with E-state index in [1.54, 1.807) is 30.1 Å². The number of anilines is 1. The summed E-state index contributed by atoms with van der Waals surface area (Å²) in [6.45, 7) is 2.69. The average molecular weight is 356 g/mol. The van der Waals surface area contributed by atoms with Crippen molar-refractivity contribution in [3.63, 3.8) is 0 Å². The van der Waals surface area contributed by atoms with E-state index in [-0.39, 0.29) is 11.6 Å². The molecule has 0 saturated heterocycles. The number of rotatable bonds is 7. The van der Waals surface area contributed by atoms with Crippen LogP contribution in [0.3, 0.4) is 0 Å². The van der Waals surface area contributed by atoms with E-state index in [1.807, 2.05) is 24.3 Å². The number of hydrogen-bond acceptors (Lipinski definition) is 3. The molecule has 0 heterocycles. The first-order valence-electron chi connectivity index (χ1n) is 8.52. The van der Waals surface area contributed by atoms with Crippen LogP contribution in [-0.2, 0) is 0 Å². The number of carbonyl (C=O) groups is 2. The summed E-state index contributed by atoms with van der Waals surface area (Å²) in [4.78, 5) is 25.3. The van der Waals surface area contributed by atoms with Gasteiger partial charge in [0.05, 0.1) is 7.11 Å². The summed E-state index contributed by atoms with van der Waals surface area (Å²) in [6.07, 6.45) is 1.87. The topological polar surface area (TPSA) is 78.9 Å². The third kappa shape index (κ3) is 4.33. The van der Waals surface area contributed by atoms with Crippen LogP contribution in [0.1, 0.15) is 30.1 Å². The van der Waals surface area contributed by atoms with E-state index >= 15 is 0 Å². The number of amides is 2. The van der Waals surface area contributed by atoms with Crippen LogP contribution in [0.5, 0.6) is 5.75 Å². The number of methoxy groups -OCH3 is 1. The highest BCUT2D eigenvalue weighted by Crippen LogP contribution is 2.29. The van der Waals surface area contributed by atoms with Crippen molar-refractivity contribution >= 4 is 17.7 Å². The number of carboxylic acid groups (broad SMARTS) is 1. The molecule has 0 unspecified atom stereocenters. The lowest BCUT2D eigenvalue weighted by Gasteiger charge is -2.23. The normalized spacial score (nSPS) is 10.3. The van der Waals surface area contributed by atoms with Gasteiger partial charge in [-0.2, -0.15) is 0 Å². The van der Waals surface area contributed by atoms with E-state index in [4.69, 9.17) is 4.74 Å². The van der Waals surface area contributed by atoms with Crippen molar-refractivity contribution in [1.82, 2.24) is 5.32 Å². The fourth-order valence-corrected chi connectivity index (χ4v) is 2.71. The van der Waals surface area contributed by atoms with Crippen LogP contribution < -0.4 is 15.0 Å². The Hall–Kier alpha value is -3.02. The SMILES string of the molecule is CCCCN(C(=O)NC)c1cccc(-c2ccc(OC)c(C(=O)O)c2)c1. The number of carbonyl (C=O) groups excluding carboxylic acids is 1. The largest absolute Gasteiger partial charge is 0.496 e. The molecule has 2 amide bonds. The second kappa shape index (κ2) is 8.89. The van der Waals surface area contributed by atoms with E-state index in [0.29, 0.717) is 12.3 Å². The van der Waals surface area contributed by atoms with Crippen molar-refractivity contribution in [1.29, 1.82) is 0 Å². The van der Waals surface area contributed by atoms with Gasteiger partial charge in [-0.15, -0.1) is 0 Å². The summed E-state index contributed by atoms with van der Waals surface area (Å²) in [7, 11) is 3.05. The molecule has 0 spiro atoms. The number of aromatic carboxylic acids is 1. The molecule has 0 aliphatic rings. The number of ether oxygens (including phenoxy) is 1. The fraction of sp³-hybridized carbons (Fsp3) is 0.300. The van der Waals surface area contributed by atoms with Gasteiger partial charge in [-0.3, -0.25) is 4.90 Å². The molecule has 0 aliphatic heterocycles. The Kier molecular flexibility index (Phi) is 6.60. The Morgan fingerprint density at radius 2 is 1.88 bits per heavy atom. The summed E-state index contributed by atoms with van der Waals surface area (Å²) in [5.74, 6) is -0.734. The van der Waals surface area contributed by atoms with Crippen molar-refractivity contribution in [2.75, 3.05) is 25.6 Å². The third-order valence-electron chi connectivity index (χ3n) is 4.12. The molecule has 0 bridgehead atoms. The number of unbranched alkanes of at least 4 members (excludes halogenated alkanes) is 1. The molecule has 0 atom stereocenters. The van der Waals surface area contributed by atoms with Crippen molar-refractivity contribution in [3.05, 3.63) is 48.0 Å². The van der Waals surface area contributed by atoms with Gasteiger partial charge in [0.1, 0.15) is 11.3 Å². The minimum atomic E-state index is -1.05. The van der Waals surface area contributed by atoms with Gasteiger partial charge < -0.3 is 15.2 Å². The monoisotopic (exact) mass is 356 g/mol. The molecule has 0 aliphatic carbocycles. The molecule has 0 radical (unpaired) electrons. The second-order valence-electron chi connectivity index (χ2n) is 5.83. The van der Waals surface area contributed by atoms with Crippen LogP contribution in [0, 0.1) is 0 Å². The van der Waals surface area contributed by atoms with E-state index in [0.717, 1.165) is 29.7 Å². The van der Waals surface area contributed by atoms with Crippen LogP contribution >= 0.6 is 0 Å². The van der Waals surface area contributed by atoms with Gasteiger partial charge in [0.2, 0.25) is 0 Å². The van der Waals surface area contributed by atoms with E-state index < -0.39 is 5.97 Å². The van der Waals surface area contributed by atoms with Gasteiger partial charge in [-0.25, -0.2) is 9.59 Å². The number of benzene rings is 2. The maximum atomic E-state index is 12.2. The lowest BCUT2D eigenvalue weighted by molar-refractivity contribution is 0.0693. The molecule has 0 fully saturated rings. The number of nitrogens with one attached hydrogen (secondary N) is 1. The summed E-state index contributed by atoms with van der Waals surface area (Å²) in [5.41, 5.74) is 2.45. The highest BCUT2D eigenvalue weighted by atomic mass is 16.5. The molecular weight excluding hydrogens is 332 g/mol. The Balaban J connectivity index is 2.43. The lowest BCUT2D eigenvalue weighted by atomic mass is 10.0. The number of nitrogens with zero attached hydrogens (tertiary/aromatic N) is 1. The first-order valence-corrected chi connectivity index (χ1v) is 8.52. The number of urea groups is 1. The smallest absolute Gasteiger partial charge is 0.339 e. The second-order valence-corrected chi connectivity index (χ2v) is 5.83. The maximum Gasteiger partial charge on any atom is 0.339 e. The molecule has 2 aromatic rings. The van der Waals surface area contributed by atoms with Crippen molar-refractivity contribution in [2.45, 2.75) is 19.8 Å². The zero-order valence-corrected chi connectivity index (χ0v) is 15.3. The molecule has 138 valence electrons. The highest BCUT2D eigenvalue weighted by Gasteiger charge is 2.16. The Labute approximate surface area is 153 Å². The van der Waals surface area contributed by atoms with Gasteiger partial charge in [-0.05, 0) is 41.8 Å². The molecule has 2 aromatic carbocycles. The van der Waals surface area contributed by atoms with Gasteiger partial charge >= 0.3 is 12.0 Å². The zero-order valence-electron chi connectivity index (χ0n) is 15.3.